The molecule has 6 heteroatoms. The van der Waals surface area contributed by atoms with Crippen LogP contribution in [-0.4, -0.2) is 27.5 Å². The summed E-state index contributed by atoms with van der Waals surface area (Å²) in [6, 6.07) is 7.97. The third kappa shape index (κ3) is 2.41. The van der Waals surface area contributed by atoms with Crippen LogP contribution in [0.5, 0.6) is 0 Å². The van der Waals surface area contributed by atoms with Crippen LogP contribution >= 0.6 is 11.8 Å². The Balaban J connectivity index is 1.89. The largest absolute Gasteiger partial charge is 0.368 e. The van der Waals surface area contributed by atoms with Crippen LogP contribution in [0.1, 0.15) is 19.3 Å². The summed E-state index contributed by atoms with van der Waals surface area (Å²) in [5.74, 6) is 6.74. The molecule has 20 heavy (non-hydrogen) atoms. The number of fused-ring (bicyclic) bond motifs is 1. The van der Waals surface area contributed by atoms with Gasteiger partial charge in [-0.3, -0.25) is 5.43 Å². The van der Waals surface area contributed by atoms with Crippen molar-refractivity contribution < 1.29 is 0 Å². The first-order chi connectivity index (χ1) is 9.76. The van der Waals surface area contributed by atoms with Gasteiger partial charge in [0.25, 0.3) is 0 Å². The number of rotatable bonds is 5. The summed E-state index contributed by atoms with van der Waals surface area (Å²) in [5.41, 5.74) is 3.42. The third-order valence-electron chi connectivity index (χ3n) is 4.01. The maximum Gasteiger partial charge on any atom is 0.239 e. The maximum atomic E-state index is 5.45. The van der Waals surface area contributed by atoms with E-state index in [1.807, 2.05) is 36.0 Å². The molecule has 0 bridgehead atoms. The number of hydrogen-bond donors (Lipinski definition) is 3. The van der Waals surface area contributed by atoms with Crippen LogP contribution in [0.15, 0.2) is 24.3 Å². The van der Waals surface area contributed by atoms with E-state index in [1.54, 1.807) is 0 Å². The number of benzene rings is 1. The Hall–Kier alpha value is -1.53. The topological polar surface area (TPSA) is 75.9 Å². The van der Waals surface area contributed by atoms with Gasteiger partial charge in [-0.2, -0.15) is 16.7 Å². The minimum atomic E-state index is 0.363. The van der Waals surface area contributed by atoms with Crippen molar-refractivity contribution in [3.8, 4) is 0 Å². The van der Waals surface area contributed by atoms with Crippen LogP contribution in [0.25, 0.3) is 10.9 Å². The number of nitrogens with zero attached hydrogens (tertiary/aromatic N) is 2. The highest BCUT2D eigenvalue weighted by Gasteiger charge is 2.36. The molecule has 1 fully saturated rings. The van der Waals surface area contributed by atoms with E-state index in [1.165, 1.54) is 19.3 Å². The van der Waals surface area contributed by atoms with Crippen LogP contribution in [0.3, 0.4) is 0 Å². The smallest absolute Gasteiger partial charge is 0.239 e. The van der Waals surface area contributed by atoms with Crippen molar-refractivity contribution in [2.24, 2.45) is 5.84 Å². The minimum absolute atomic E-state index is 0.363. The first kappa shape index (κ1) is 13.5. The molecule has 3 rings (SSSR count). The van der Waals surface area contributed by atoms with E-state index >= 15 is 0 Å². The number of anilines is 2. The number of hydrogen-bond acceptors (Lipinski definition) is 6. The van der Waals surface area contributed by atoms with Gasteiger partial charge < -0.3 is 5.32 Å². The van der Waals surface area contributed by atoms with Gasteiger partial charge in [0.2, 0.25) is 5.95 Å². The van der Waals surface area contributed by atoms with Crippen molar-refractivity contribution in [2.75, 3.05) is 23.5 Å². The van der Waals surface area contributed by atoms with E-state index < -0.39 is 0 Å². The quantitative estimate of drug-likeness (QED) is 0.580. The second kappa shape index (κ2) is 5.46. The summed E-state index contributed by atoms with van der Waals surface area (Å²) in [6.45, 7) is 0.930. The third-order valence-corrected chi connectivity index (χ3v) is 5.43. The van der Waals surface area contributed by atoms with Gasteiger partial charge in [-0.05, 0) is 31.2 Å². The van der Waals surface area contributed by atoms with Crippen molar-refractivity contribution >= 4 is 34.4 Å². The highest BCUT2D eigenvalue weighted by molar-refractivity contribution is 8.00. The zero-order valence-electron chi connectivity index (χ0n) is 11.5. The summed E-state index contributed by atoms with van der Waals surface area (Å²) < 4.78 is 0.363. The van der Waals surface area contributed by atoms with Gasteiger partial charge in [0, 0.05) is 16.7 Å². The molecule has 0 saturated heterocycles. The second-order valence-corrected chi connectivity index (χ2v) is 6.43. The number of aromatic nitrogens is 2. The van der Waals surface area contributed by atoms with Gasteiger partial charge in [-0.1, -0.05) is 18.6 Å². The Labute approximate surface area is 122 Å². The fraction of sp³-hybridized carbons (Fsp3) is 0.429. The first-order valence-corrected chi connectivity index (χ1v) is 8.01. The zero-order chi connectivity index (χ0) is 14.0. The van der Waals surface area contributed by atoms with Crippen LogP contribution in [0.2, 0.25) is 0 Å². The molecule has 5 nitrogen and oxygen atoms in total. The number of nitrogen functional groups attached to an aromatic ring is 1. The standard InChI is InChI=1S/C14H19N5S/c1-20-14(7-4-8-14)9-16-12-10-5-2-3-6-11(10)17-13(18-12)19-15/h2-3,5-6H,4,7-9,15H2,1H3,(H2,16,17,18,19). The average molecular weight is 289 g/mol. The van der Waals surface area contributed by atoms with Gasteiger partial charge in [0.1, 0.15) is 5.82 Å². The maximum absolute atomic E-state index is 5.45. The highest BCUT2D eigenvalue weighted by Crippen LogP contribution is 2.42. The van der Waals surface area contributed by atoms with Crippen LogP contribution in [0, 0.1) is 0 Å². The molecule has 1 aromatic carbocycles. The Morgan fingerprint density at radius 1 is 1.30 bits per heavy atom. The van der Waals surface area contributed by atoms with Gasteiger partial charge >= 0.3 is 0 Å². The number of thioether (sulfide) groups is 1. The SMILES string of the molecule is CSC1(CNc2nc(NN)nc3ccccc23)CCC1. The molecule has 2 aromatic rings. The molecule has 0 amide bonds. The van der Waals surface area contributed by atoms with Crippen molar-refractivity contribution in [1.29, 1.82) is 0 Å². The molecule has 1 aromatic heterocycles. The molecule has 0 unspecified atom stereocenters. The Morgan fingerprint density at radius 2 is 2.10 bits per heavy atom. The highest BCUT2D eigenvalue weighted by atomic mass is 32.2. The molecule has 1 aliphatic rings. The minimum Gasteiger partial charge on any atom is -0.368 e. The zero-order valence-corrected chi connectivity index (χ0v) is 12.3. The molecule has 1 aliphatic carbocycles. The van der Waals surface area contributed by atoms with E-state index in [0.29, 0.717) is 10.7 Å². The Bertz CT molecular complexity index is 606. The van der Waals surface area contributed by atoms with E-state index in [9.17, 15) is 0 Å². The Kier molecular flexibility index (Phi) is 3.67. The molecule has 1 saturated carbocycles. The van der Waals surface area contributed by atoms with Crippen molar-refractivity contribution in [2.45, 2.75) is 24.0 Å². The fourth-order valence-corrected chi connectivity index (χ4v) is 3.46. The summed E-state index contributed by atoms with van der Waals surface area (Å²) in [7, 11) is 0. The second-order valence-electron chi connectivity index (χ2n) is 5.15. The predicted molar refractivity (Wildman–Crippen MR) is 85.9 cm³/mol. The number of nitrogens with two attached hydrogens (primary N) is 1. The molecular weight excluding hydrogens is 270 g/mol. The van der Waals surface area contributed by atoms with E-state index in [0.717, 1.165) is 23.3 Å². The molecule has 0 spiro atoms. The van der Waals surface area contributed by atoms with Gasteiger partial charge in [0.05, 0.1) is 5.52 Å². The van der Waals surface area contributed by atoms with E-state index in [-0.39, 0.29) is 0 Å². The number of nitrogens with one attached hydrogen (secondary N) is 2. The number of para-hydroxylation sites is 1. The molecular formula is C14H19N5S. The van der Waals surface area contributed by atoms with Crippen molar-refractivity contribution in [3.63, 3.8) is 0 Å². The van der Waals surface area contributed by atoms with Crippen LogP contribution in [-0.2, 0) is 0 Å². The van der Waals surface area contributed by atoms with Gasteiger partial charge in [-0.25, -0.2) is 10.8 Å². The fourth-order valence-electron chi connectivity index (χ4n) is 2.54. The predicted octanol–water partition coefficient (Wildman–Crippen LogP) is 2.61. The van der Waals surface area contributed by atoms with Gasteiger partial charge in [-0.15, -0.1) is 0 Å². The lowest BCUT2D eigenvalue weighted by atomic mass is 9.84. The lowest BCUT2D eigenvalue weighted by Gasteiger charge is -2.40. The molecule has 0 atom stereocenters. The van der Waals surface area contributed by atoms with Crippen LogP contribution in [0.4, 0.5) is 11.8 Å². The molecule has 4 N–H and O–H groups in total. The van der Waals surface area contributed by atoms with Gasteiger partial charge in [0.15, 0.2) is 0 Å². The summed E-state index contributed by atoms with van der Waals surface area (Å²) in [4.78, 5) is 8.81. The Morgan fingerprint density at radius 3 is 2.75 bits per heavy atom. The molecule has 0 radical (unpaired) electrons. The normalized spacial score (nSPS) is 16.7. The average Bonchev–Trinajstić information content (AvgIpc) is 2.46. The first-order valence-electron chi connectivity index (χ1n) is 6.79. The summed E-state index contributed by atoms with van der Waals surface area (Å²) in [6.07, 6.45) is 6.05. The molecule has 0 aliphatic heterocycles. The lowest BCUT2D eigenvalue weighted by Crippen LogP contribution is -2.40. The molecule has 106 valence electrons. The van der Waals surface area contributed by atoms with E-state index in [2.05, 4.69) is 27.0 Å². The number of hydrazine groups is 1. The summed E-state index contributed by atoms with van der Waals surface area (Å²) in [5, 5.41) is 4.52. The summed E-state index contributed by atoms with van der Waals surface area (Å²) >= 11 is 1.95. The lowest BCUT2D eigenvalue weighted by molar-refractivity contribution is 0.379. The van der Waals surface area contributed by atoms with Crippen molar-refractivity contribution in [1.82, 2.24) is 9.97 Å². The van der Waals surface area contributed by atoms with Crippen molar-refractivity contribution in [3.05, 3.63) is 24.3 Å². The molecule has 1 heterocycles. The van der Waals surface area contributed by atoms with E-state index in [4.69, 9.17) is 5.84 Å². The monoisotopic (exact) mass is 289 g/mol. The van der Waals surface area contributed by atoms with Crippen LogP contribution < -0.4 is 16.6 Å².